The molecule has 0 aliphatic rings. The molecule has 21 heavy (non-hydrogen) atoms. The molecule has 0 N–H and O–H groups in total. The van der Waals surface area contributed by atoms with Crippen LogP contribution in [0.5, 0.6) is 0 Å². The van der Waals surface area contributed by atoms with E-state index in [9.17, 15) is 9.59 Å². The van der Waals surface area contributed by atoms with Crippen LogP contribution in [0.25, 0.3) is 0 Å². The second-order valence-electron chi connectivity index (χ2n) is 4.73. The number of benzene rings is 2. The van der Waals surface area contributed by atoms with Crippen LogP contribution in [-0.4, -0.2) is 25.5 Å². The van der Waals surface area contributed by atoms with Crippen molar-refractivity contribution in [3.63, 3.8) is 0 Å². The molecule has 0 saturated carbocycles. The highest BCUT2D eigenvalue weighted by atomic mass is 16.5. The van der Waals surface area contributed by atoms with E-state index in [0.717, 1.165) is 11.3 Å². The van der Waals surface area contributed by atoms with Gasteiger partial charge in [-0.2, -0.15) is 0 Å². The smallest absolute Gasteiger partial charge is 0.338 e. The first-order valence-electron chi connectivity index (χ1n) is 6.63. The normalized spacial score (nSPS) is 10.0. The van der Waals surface area contributed by atoms with Gasteiger partial charge in [0.05, 0.1) is 5.56 Å². The standard InChI is InChI=1S/C17H17NO3/c1-13-7-6-8-14(11-13)17(20)21-12-16(19)18(2)15-9-4-3-5-10-15/h3-11H,12H2,1-2H3. The lowest BCUT2D eigenvalue weighted by molar-refractivity contribution is -0.121. The fraction of sp³-hybridized carbons (Fsp3) is 0.176. The van der Waals surface area contributed by atoms with Crippen LogP contribution in [0.2, 0.25) is 0 Å². The first kappa shape index (κ1) is 14.8. The molecule has 0 aromatic heterocycles. The Balaban J connectivity index is 1.93. The zero-order valence-corrected chi connectivity index (χ0v) is 12.1. The lowest BCUT2D eigenvalue weighted by Crippen LogP contribution is -2.31. The summed E-state index contributed by atoms with van der Waals surface area (Å²) in [5, 5.41) is 0. The predicted molar refractivity (Wildman–Crippen MR) is 81.3 cm³/mol. The first-order valence-corrected chi connectivity index (χ1v) is 6.63. The molecule has 2 aromatic carbocycles. The summed E-state index contributed by atoms with van der Waals surface area (Å²) >= 11 is 0. The van der Waals surface area contributed by atoms with Crippen molar-refractivity contribution >= 4 is 17.6 Å². The zero-order chi connectivity index (χ0) is 15.2. The summed E-state index contributed by atoms with van der Waals surface area (Å²) in [4.78, 5) is 25.3. The number of ether oxygens (including phenoxy) is 1. The molecule has 0 bridgehead atoms. The zero-order valence-electron chi connectivity index (χ0n) is 12.1. The van der Waals surface area contributed by atoms with E-state index in [1.165, 1.54) is 4.90 Å². The number of nitrogens with zero attached hydrogens (tertiary/aromatic N) is 1. The molecule has 0 fully saturated rings. The van der Waals surface area contributed by atoms with E-state index in [1.54, 1.807) is 25.2 Å². The molecule has 2 rings (SSSR count). The van der Waals surface area contributed by atoms with Gasteiger partial charge in [0.15, 0.2) is 6.61 Å². The van der Waals surface area contributed by atoms with E-state index in [-0.39, 0.29) is 12.5 Å². The third-order valence-electron chi connectivity index (χ3n) is 3.10. The van der Waals surface area contributed by atoms with Crippen molar-refractivity contribution in [2.45, 2.75) is 6.92 Å². The van der Waals surface area contributed by atoms with Crippen molar-refractivity contribution in [2.75, 3.05) is 18.6 Å². The molecular formula is C17H17NO3. The van der Waals surface area contributed by atoms with E-state index in [1.807, 2.05) is 43.3 Å². The average Bonchev–Trinajstić information content (AvgIpc) is 2.52. The number of rotatable bonds is 4. The minimum Gasteiger partial charge on any atom is -0.452 e. The second-order valence-corrected chi connectivity index (χ2v) is 4.73. The van der Waals surface area contributed by atoms with Gasteiger partial charge in [0.25, 0.3) is 5.91 Å². The van der Waals surface area contributed by atoms with Crippen molar-refractivity contribution in [1.82, 2.24) is 0 Å². The van der Waals surface area contributed by atoms with Crippen LogP contribution in [0, 0.1) is 6.92 Å². The van der Waals surface area contributed by atoms with Crippen molar-refractivity contribution in [3.05, 3.63) is 65.7 Å². The molecule has 4 heteroatoms. The Hall–Kier alpha value is -2.62. The van der Waals surface area contributed by atoms with Gasteiger partial charge in [-0.15, -0.1) is 0 Å². The highest BCUT2D eigenvalue weighted by molar-refractivity contribution is 5.96. The molecule has 2 aromatic rings. The summed E-state index contributed by atoms with van der Waals surface area (Å²) in [6, 6.07) is 16.3. The number of para-hydroxylation sites is 1. The monoisotopic (exact) mass is 283 g/mol. The van der Waals surface area contributed by atoms with Gasteiger partial charge in [0, 0.05) is 12.7 Å². The Morgan fingerprint density at radius 2 is 1.76 bits per heavy atom. The van der Waals surface area contributed by atoms with Gasteiger partial charge in [-0.05, 0) is 31.2 Å². The lowest BCUT2D eigenvalue weighted by Gasteiger charge is -2.17. The summed E-state index contributed by atoms with van der Waals surface area (Å²) in [7, 11) is 1.65. The third-order valence-corrected chi connectivity index (χ3v) is 3.10. The summed E-state index contributed by atoms with van der Waals surface area (Å²) in [5.41, 5.74) is 2.18. The number of hydrogen-bond donors (Lipinski definition) is 0. The molecule has 0 saturated heterocycles. The largest absolute Gasteiger partial charge is 0.452 e. The maximum absolute atomic E-state index is 12.0. The summed E-state index contributed by atoms with van der Waals surface area (Å²) < 4.78 is 5.06. The number of hydrogen-bond acceptors (Lipinski definition) is 3. The third kappa shape index (κ3) is 3.92. The number of carbonyl (C=O) groups is 2. The Kier molecular flexibility index (Phi) is 4.72. The van der Waals surface area contributed by atoms with Crippen LogP contribution in [0.3, 0.4) is 0 Å². The molecule has 4 nitrogen and oxygen atoms in total. The fourth-order valence-electron chi connectivity index (χ4n) is 1.88. The highest BCUT2D eigenvalue weighted by Crippen LogP contribution is 2.11. The van der Waals surface area contributed by atoms with Gasteiger partial charge in [-0.3, -0.25) is 4.79 Å². The Labute approximate surface area is 124 Å². The van der Waals surface area contributed by atoms with E-state index >= 15 is 0 Å². The number of carbonyl (C=O) groups excluding carboxylic acids is 2. The predicted octanol–water partition coefficient (Wildman–Crippen LogP) is 2.81. The molecule has 0 aliphatic carbocycles. The Morgan fingerprint density at radius 1 is 1.05 bits per heavy atom. The number of amides is 1. The van der Waals surface area contributed by atoms with Crippen molar-refractivity contribution < 1.29 is 14.3 Å². The number of esters is 1. The molecule has 1 amide bonds. The first-order chi connectivity index (χ1) is 10.1. The Morgan fingerprint density at radius 3 is 2.43 bits per heavy atom. The lowest BCUT2D eigenvalue weighted by atomic mass is 10.1. The molecule has 0 heterocycles. The number of aryl methyl sites for hydroxylation is 1. The maximum Gasteiger partial charge on any atom is 0.338 e. The van der Waals surface area contributed by atoms with E-state index < -0.39 is 5.97 Å². The SMILES string of the molecule is Cc1cccc(C(=O)OCC(=O)N(C)c2ccccc2)c1. The van der Waals surface area contributed by atoms with Crippen LogP contribution < -0.4 is 4.90 Å². The van der Waals surface area contributed by atoms with Crippen LogP contribution in [0.15, 0.2) is 54.6 Å². The second kappa shape index (κ2) is 6.70. The van der Waals surface area contributed by atoms with E-state index in [4.69, 9.17) is 4.74 Å². The molecule has 0 radical (unpaired) electrons. The van der Waals surface area contributed by atoms with Gasteiger partial charge in [-0.1, -0.05) is 35.9 Å². The fourth-order valence-corrected chi connectivity index (χ4v) is 1.88. The quantitative estimate of drug-likeness (QED) is 0.811. The van der Waals surface area contributed by atoms with Gasteiger partial charge in [0.2, 0.25) is 0 Å². The van der Waals surface area contributed by atoms with Crippen molar-refractivity contribution in [1.29, 1.82) is 0 Å². The molecule has 0 spiro atoms. The van der Waals surface area contributed by atoms with Crippen LogP contribution in [0.4, 0.5) is 5.69 Å². The van der Waals surface area contributed by atoms with Gasteiger partial charge < -0.3 is 9.64 Å². The van der Waals surface area contributed by atoms with Gasteiger partial charge in [0.1, 0.15) is 0 Å². The topological polar surface area (TPSA) is 46.6 Å². The van der Waals surface area contributed by atoms with Crippen LogP contribution >= 0.6 is 0 Å². The molecule has 0 atom stereocenters. The van der Waals surface area contributed by atoms with Crippen LogP contribution in [0.1, 0.15) is 15.9 Å². The summed E-state index contributed by atoms with van der Waals surface area (Å²) in [6.45, 7) is 1.61. The minimum atomic E-state index is -0.492. The van der Waals surface area contributed by atoms with Crippen molar-refractivity contribution in [2.24, 2.45) is 0 Å². The maximum atomic E-state index is 12.0. The summed E-state index contributed by atoms with van der Waals surface area (Å²) in [6.07, 6.45) is 0. The molecule has 108 valence electrons. The average molecular weight is 283 g/mol. The van der Waals surface area contributed by atoms with Crippen molar-refractivity contribution in [3.8, 4) is 0 Å². The highest BCUT2D eigenvalue weighted by Gasteiger charge is 2.14. The van der Waals surface area contributed by atoms with Gasteiger partial charge in [-0.25, -0.2) is 4.79 Å². The molecular weight excluding hydrogens is 266 g/mol. The minimum absolute atomic E-state index is 0.276. The van der Waals surface area contributed by atoms with E-state index in [2.05, 4.69) is 0 Å². The Bertz CT molecular complexity index is 637. The molecule has 0 aliphatic heterocycles. The van der Waals surface area contributed by atoms with Crippen LogP contribution in [-0.2, 0) is 9.53 Å². The summed E-state index contributed by atoms with van der Waals surface area (Å²) in [5.74, 6) is -0.768. The molecule has 0 unspecified atom stereocenters. The number of anilines is 1. The number of likely N-dealkylation sites (N-methyl/N-ethyl adjacent to an activating group) is 1. The van der Waals surface area contributed by atoms with E-state index in [0.29, 0.717) is 5.56 Å². The van der Waals surface area contributed by atoms with Gasteiger partial charge >= 0.3 is 5.97 Å².